The van der Waals surface area contributed by atoms with Gasteiger partial charge < -0.3 is 15.1 Å². The van der Waals surface area contributed by atoms with Gasteiger partial charge in [-0.15, -0.1) is 0 Å². The number of rotatable bonds is 5. The van der Waals surface area contributed by atoms with Crippen LogP contribution in [0.25, 0.3) is 0 Å². The normalized spacial score (nSPS) is 14.0. The second-order valence-corrected chi connectivity index (χ2v) is 6.17. The van der Waals surface area contributed by atoms with Gasteiger partial charge in [0.25, 0.3) is 0 Å². The summed E-state index contributed by atoms with van der Waals surface area (Å²) >= 11 is 0. The molecule has 3 aromatic heterocycles. The summed E-state index contributed by atoms with van der Waals surface area (Å²) in [5.74, 6) is 1.38. The van der Waals surface area contributed by atoms with Crippen LogP contribution in [-0.2, 0) is 0 Å². The Morgan fingerprint density at radius 2 is 1.68 bits per heavy atom. The summed E-state index contributed by atoms with van der Waals surface area (Å²) in [6.45, 7) is 2.60. The number of aromatic nitrogens is 4. The van der Waals surface area contributed by atoms with E-state index in [1.165, 1.54) is 6.33 Å². The molecule has 0 radical (unpaired) electrons. The molecule has 3 aromatic rings. The van der Waals surface area contributed by atoms with E-state index >= 15 is 0 Å². The lowest BCUT2D eigenvalue weighted by atomic mass is 10.2. The van der Waals surface area contributed by atoms with Gasteiger partial charge >= 0.3 is 5.69 Å². The molecule has 0 aromatic carbocycles. The number of nitrogens with zero attached hydrogens (tertiary/aromatic N) is 7. The molecule has 0 aliphatic carbocycles. The molecule has 10 nitrogen and oxygen atoms in total. The summed E-state index contributed by atoms with van der Waals surface area (Å²) in [6, 6.07) is 9.22. The molecule has 1 fully saturated rings. The molecule has 28 heavy (non-hydrogen) atoms. The quantitative estimate of drug-likeness (QED) is 0.527. The molecule has 4 heterocycles. The van der Waals surface area contributed by atoms with Crippen molar-refractivity contribution < 1.29 is 4.92 Å². The molecule has 4 rings (SSSR count). The first-order valence-corrected chi connectivity index (χ1v) is 8.80. The smallest absolute Gasteiger partial charge is 0.353 e. The second kappa shape index (κ2) is 7.82. The Morgan fingerprint density at radius 1 is 0.929 bits per heavy atom. The maximum Gasteiger partial charge on any atom is 0.353 e. The molecule has 0 unspecified atom stereocenters. The third-order valence-electron chi connectivity index (χ3n) is 4.48. The van der Waals surface area contributed by atoms with Gasteiger partial charge in [-0.1, -0.05) is 6.07 Å². The van der Waals surface area contributed by atoms with Crippen molar-refractivity contribution in [2.45, 2.75) is 0 Å². The fourth-order valence-electron chi connectivity index (χ4n) is 3.12. The van der Waals surface area contributed by atoms with E-state index in [2.05, 4.69) is 30.2 Å². The number of nitrogens with one attached hydrogen (secondary N) is 1. The van der Waals surface area contributed by atoms with Crippen LogP contribution in [0.5, 0.6) is 0 Å². The molecule has 142 valence electrons. The van der Waals surface area contributed by atoms with Gasteiger partial charge in [-0.05, 0) is 24.3 Å². The summed E-state index contributed by atoms with van der Waals surface area (Å²) in [5.41, 5.74) is 0.535. The Kier molecular flexibility index (Phi) is 4.91. The second-order valence-electron chi connectivity index (χ2n) is 6.17. The molecular weight excluding hydrogens is 360 g/mol. The molecule has 1 aliphatic heterocycles. The standard InChI is InChI=1S/C18H18N8O2/c27-26(28)16-17(23-14-4-7-19-8-5-14)21-13-22-18(16)25-11-9-24(10-12-25)15-3-1-2-6-20-15/h1-8,13H,9-12H2,(H,19,21,22,23). The number of hydrogen-bond donors (Lipinski definition) is 1. The summed E-state index contributed by atoms with van der Waals surface area (Å²) in [4.78, 5) is 32.0. The number of anilines is 4. The van der Waals surface area contributed by atoms with Crippen molar-refractivity contribution in [2.24, 2.45) is 0 Å². The van der Waals surface area contributed by atoms with Gasteiger partial charge in [-0.3, -0.25) is 15.1 Å². The number of nitro groups is 1. The summed E-state index contributed by atoms with van der Waals surface area (Å²) < 4.78 is 0. The highest BCUT2D eigenvalue weighted by molar-refractivity contribution is 5.74. The highest BCUT2D eigenvalue weighted by Crippen LogP contribution is 2.34. The van der Waals surface area contributed by atoms with Gasteiger partial charge in [0.15, 0.2) is 0 Å². The molecule has 1 aliphatic rings. The van der Waals surface area contributed by atoms with Crippen LogP contribution in [0.1, 0.15) is 0 Å². The highest BCUT2D eigenvalue weighted by Gasteiger charge is 2.29. The fourth-order valence-corrected chi connectivity index (χ4v) is 3.12. The average Bonchev–Trinajstić information content (AvgIpc) is 2.75. The van der Waals surface area contributed by atoms with Crippen LogP contribution in [0.15, 0.2) is 55.2 Å². The molecule has 1 N–H and O–H groups in total. The monoisotopic (exact) mass is 378 g/mol. The van der Waals surface area contributed by atoms with E-state index in [0.29, 0.717) is 37.7 Å². The van der Waals surface area contributed by atoms with E-state index in [0.717, 1.165) is 5.82 Å². The molecular formula is C18H18N8O2. The number of piperazine rings is 1. The maximum absolute atomic E-state index is 11.8. The maximum atomic E-state index is 11.8. The van der Waals surface area contributed by atoms with E-state index in [1.54, 1.807) is 30.7 Å². The first-order valence-electron chi connectivity index (χ1n) is 8.80. The Morgan fingerprint density at radius 3 is 2.36 bits per heavy atom. The Balaban J connectivity index is 1.56. The van der Waals surface area contributed by atoms with Crippen LogP contribution >= 0.6 is 0 Å². The third-order valence-corrected chi connectivity index (χ3v) is 4.48. The van der Waals surface area contributed by atoms with E-state index in [4.69, 9.17) is 0 Å². The minimum atomic E-state index is -0.440. The first kappa shape index (κ1) is 17.6. The molecule has 10 heteroatoms. The van der Waals surface area contributed by atoms with Gasteiger partial charge in [0, 0.05) is 50.5 Å². The van der Waals surface area contributed by atoms with Crippen LogP contribution in [0.2, 0.25) is 0 Å². The largest absolute Gasteiger partial charge is 0.353 e. The zero-order chi connectivity index (χ0) is 19.3. The lowest BCUT2D eigenvalue weighted by Crippen LogP contribution is -2.47. The Bertz CT molecular complexity index is 946. The Labute approximate surface area is 161 Å². The van der Waals surface area contributed by atoms with Gasteiger partial charge in [-0.2, -0.15) is 0 Å². The predicted molar refractivity (Wildman–Crippen MR) is 105 cm³/mol. The van der Waals surface area contributed by atoms with Crippen LogP contribution in [0, 0.1) is 10.1 Å². The lowest BCUT2D eigenvalue weighted by Gasteiger charge is -2.35. The minimum Gasteiger partial charge on any atom is -0.353 e. The van der Waals surface area contributed by atoms with Crippen LogP contribution in [0.4, 0.5) is 28.8 Å². The van der Waals surface area contributed by atoms with Crippen molar-refractivity contribution in [3.63, 3.8) is 0 Å². The SMILES string of the molecule is O=[N+]([O-])c1c(Nc2ccncc2)ncnc1N1CCN(c2ccccn2)CC1. The molecule has 0 atom stereocenters. The van der Waals surface area contributed by atoms with E-state index < -0.39 is 4.92 Å². The average molecular weight is 378 g/mol. The van der Waals surface area contributed by atoms with Crippen molar-refractivity contribution >= 4 is 28.8 Å². The zero-order valence-electron chi connectivity index (χ0n) is 15.0. The van der Waals surface area contributed by atoms with Gasteiger partial charge in [0.1, 0.15) is 12.1 Å². The van der Waals surface area contributed by atoms with Crippen LogP contribution in [0.3, 0.4) is 0 Å². The summed E-state index contributed by atoms with van der Waals surface area (Å²) in [7, 11) is 0. The van der Waals surface area contributed by atoms with Crippen molar-refractivity contribution in [3.05, 3.63) is 65.4 Å². The van der Waals surface area contributed by atoms with E-state index in [-0.39, 0.29) is 11.5 Å². The fraction of sp³-hybridized carbons (Fsp3) is 0.222. The van der Waals surface area contributed by atoms with Crippen molar-refractivity contribution in [1.29, 1.82) is 0 Å². The van der Waals surface area contributed by atoms with Crippen molar-refractivity contribution in [3.8, 4) is 0 Å². The summed E-state index contributed by atoms with van der Waals surface area (Å²) in [6.07, 6.45) is 6.31. The molecule has 1 saturated heterocycles. The number of pyridine rings is 2. The molecule has 0 saturated carbocycles. The van der Waals surface area contributed by atoms with Gasteiger partial charge in [0.2, 0.25) is 11.6 Å². The van der Waals surface area contributed by atoms with Crippen LogP contribution in [-0.4, -0.2) is 51.0 Å². The van der Waals surface area contributed by atoms with Crippen molar-refractivity contribution in [1.82, 2.24) is 19.9 Å². The first-order chi connectivity index (χ1) is 13.7. The van der Waals surface area contributed by atoms with Crippen molar-refractivity contribution in [2.75, 3.05) is 41.3 Å². The topological polar surface area (TPSA) is 113 Å². The molecule has 0 amide bonds. The summed E-state index contributed by atoms with van der Waals surface area (Å²) in [5, 5.41) is 14.8. The van der Waals surface area contributed by atoms with E-state index in [9.17, 15) is 10.1 Å². The predicted octanol–water partition coefficient (Wildman–Crippen LogP) is 2.25. The van der Waals surface area contributed by atoms with E-state index in [1.807, 2.05) is 23.1 Å². The minimum absolute atomic E-state index is 0.134. The van der Waals surface area contributed by atoms with Crippen LogP contribution < -0.4 is 15.1 Å². The zero-order valence-corrected chi connectivity index (χ0v) is 15.0. The van der Waals surface area contributed by atoms with Gasteiger partial charge in [0.05, 0.1) is 4.92 Å². The Hall–Kier alpha value is -3.82. The third kappa shape index (κ3) is 3.65. The highest BCUT2D eigenvalue weighted by atomic mass is 16.6. The number of hydrogen-bond acceptors (Lipinski definition) is 9. The molecule has 0 bridgehead atoms. The lowest BCUT2D eigenvalue weighted by molar-refractivity contribution is -0.383. The molecule has 0 spiro atoms. The van der Waals surface area contributed by atoms with Gasteiger partial charge in [-0.25, -0.2) is 15.0 Å².